The van der Waals surface area contributed by atoms with E-state index in [4.69, 9.17) is 16.3 Å². The number of esters is 1. The molecule has 0 aliphatic rings. The molecule has 1 unspecified atom stereocenters. The van der Waals surface area contributed by atoms with E-state index in [9.17, 15) is 9.90 Å². The number of hydrogen-bond acceptors (Lipinski definition) is 4. The van der Waals surface area contributed by atoms with Gasteiger partial charge in [-0.1, -0.05) is 23.7 Å². The number of benzene rings is 1. The summed E-state index contributed by atoms with van der Waals surface area (Å²) < 4.78 is 4.75. The molecule has 0 aliphatic carbocycles. The highest BCUT2D eigenvalue weighted by atomic mass is 35.5. The SMILES string of the molecule is CCOC(=O)C(O)c1ccc(CN(C)C)c(Cl)c1. The molecule has 0 radical (unpaired) electrons. The van der Waals surface area contributed by atoms with Crippen molar-refractivity contribution in [3.63, 3.8) is 0 Å². The fourth-order valence-electron chi connectivity index (χ4n) is 1.56. The van der Waals surface area contributed by atoms with E-state index in [0.717, 1.165) is 5.56 Å². The van der Waals surface area contributed by atoms with Gasteiger partial charge in [0.05, 0.1) is 6.61 Å². The lowest BCUT2D eigenvalue weighted by molar-refractivity contribution is -0.153. The number of carbonyl (C=O) groups excluding carboxylic acids is 1. The van der Waals surface area contributed by atoms with E-state index in [-0.39, 0.29) is 6.61 Å². The van der Waals surface area contributed by atoms with Crippen LogP contribution in [0.15, 0.2) is 18.2 Å². The second kappa shape index (κ2) is 6.73. The number of carbonyl (C=O) groups is 1. The Labute approximate surface area is 112 Å². The zero-order chi connectivity index (χ0) is 13.7. The summed E-state index contributed by atoms with van der Waals surface area (Å²) in [6.07, 6.45) is -1.28. The molecule has 0 fully saturated rings. The number of aliphatic hydroxyl groups is 1. The van der Waals surface area contributed by atoms with Crippen molar-refractivity contribution in [2.45, 2.75) is 19.6 Å². The van der Waals surface area contributed by atoms with Gasteiger partial charge in [-0.05, 0) is 38.2 Å². The fourth-order valence-corrected chi connectivity index (χ4v) is 1.81. The van der Waals surface area contributed by atoms with Crippen molar-refractivity contribution in [3.05, 3.63) is 34.3 Å². The van der Waals surface area contributed by atoms with Crippen LogP contribution in [0.25, 0.3) is 0 Å². The molecular formula is C13H18ClNO3. The molecule has 1 aromatic rings. The van der Waals surface area contributed by atoms with Gasteiger partial charge in [0.1, 0.15) is 0 Å². The van der Waals surface area contributed by atoms with E-state index < -0.39 is 12.1 Å². The average molecular weight is 272 g/mol. The first-order valence-corrected chi connectivity index (χ1v) is 6.11. The number of nitrogens with zero attached hydrogens (tertiary/aromatic N) is 1. The Kier molecular flexibility index (Phi) is 5.59. The first-order valence-electron chi connectivity index (χ1n) is 5.73. The summed E-state index contributed by atoms with van der Waals surface area (Å²) in [7, 11) is 3.88. The standard InChI is InChI=1S/C13H18ClNO3/c1-4-18-13(17)12(16)9-5-6-10(8-15(2)3)11(14)7-9/h5-7,12,16H,4,8H2,1-3H3. The number of rotatable bonds is 5. The highest BCUT2D eigenvalue weighted by molar-refractivity contribution is 6.31. The molecule has 1 aromatic carbocycles. The van der Waals surface area contributed by atoms with Crippen LogP contribution in [0, 0.1) is 0 Å². The van der Waals surface area contributed by atoms with Crippen molar-refractivity contribution in [3.8, 4) is 0 Å². The summed E-state index contributed by atoms with van der Waals surface area (Å²) in [5.41, 5.74) is 1.39. The zero-order valence-electron chi connectivity index (χ0n) is 10.8. The Morgan fingerprint density at radius 1 is 1.50 bits per heavy atom. The Morgan fingerprint density at radius 3 is 2.67 bits per heavy atom. The molecular weight excluding hydrogens is 254 g/mol. The van der Waals surface area contributed by atoms with Crippen LogP contribution in [-0.2, 0) is 16.1 Å². The molecule has 0 saturated heterocycles. The van der Waals surface area contributed by atoms with Gasteiger partial charge in [-0.3, -0.25) is 0 Å². The van der Waals surface area contributed by atoms with Gasteiger partial charge >= 0.3 is 5.97 Å². The molecule has 0 spiro atoms. The minimum atomic E-state index is -1.28. The summed E-state index contributed by atoms with van der Waals surface area (Å²) in [6.45, 7) is 2.63. The van der Waals surface area contributed by atoms with Crippen molar-refractivity contribution >= 4 is 17.6 Å². The third kappa shape index (κ3) is 3.98. The van der Waals surface area contributed by atoms with Crippen LogP contribution in [0.4, 0.5) is 0 Å². The lowest BCUT2D eigenvalue weighted by atomic mass is 10.1. The summed E-state index contributed by atoms with van der Waals surface area (Å²) >= 11 is 6.11. The maximum atomic E-state index is 11.4. The number of halogens is 1. The largest absolute Gasteiger partial charge is 0.464 e. The van der Waals surface area contributed by atoms with Crippen LogP contribution in [0.3, 0.4) is 0 Å². The van der Waals surface area contributed by atoms with Gasteiger partial charge in [0.25, 0.3) is 0 Å². The quantitative estimate of drug-likeness (QED) is 0.832. The van der Waals surface area contributed by atoms with E-state index in [1.165, 1.54) is 0 Å². The zero-order valence-corrected chi connectivity index (χ0v) is 11.6. The summed E-state index contributed by atoms with van der Waals surface area (Å²) in [6, 6.07) is 5.09. The fraction of sp³-hybridized carbons (Fsp3) is 0.462. The molecule has 0 saturated carbocycles. The highest BCUT2D eigenvalue weighted by Crippen LogP contribution is 2.23. The van der Waals surface area contributed by atoms with E-state index in [0.29, 0.717) is 17.1 Å². The Hall–Kier alpha value is -1.10. The predicted octanol–water partition coefficient (Wildman–Crippen LogP) is 2.00. The van der Waals surface area contributed by atoms with E-state index in [1.54, 1.807) is 25.1 Å². The first kappa shape index (κ1) is 15.0. The van der Waals surface area contributed by atoms with Crippen molar-refractivity contribution in [1.82, 2.24) is 4.90 Å². The maximum absolute atomic E-state index is 11.4. The Morgan fingerprint density at radius 2 is 2.17 bits per heavy atom. The molecule has 0 bridgehead atoms. The molecule has 100 valence electrons. The number of aliphatic hydroxyl groups excluding tert-OH is 1. The van der Waals surface area contributed by atoms with Gasteiger partial charge in [-0.25, -0.2) is 4.79 Å². The molecule has 0 aliphatic heterocycles. The van der Waals surface area contributed by atoms with E-state index >= 15 is 0 Å². The highest BCUT2D eigenvalue weighted by Gasteiger charge is 2.19. The van der Waals surface area contributed by atoms with Gasteiger partial charge in [0, 0.05) is 11.6 Å². The van der Waals surface area contributed by atoms with Crippen LogP contribution in [0.1, 0.15) is 24.2 Å². The molecule has 18 heavy (non-hydrogen) atoms. The van der Waals surface area contributed by atoms with E-state index in [1.807, 2.05) is 19.0 Å². The van der Waals surface area contributed by atoms with Crippen LogP contribution in [-0.4, -0.2) is 36.7 Å². The summed E-state index contributed by atoms with van der Waals surface area (Å²) in [5.74, 6) is -0.658. The minimum absolute atomic E-state index is 0.238. The van der Waals surface area contributed by atoms with Crippen LogP contribution < -0.4 is 0 Å². The van der Waals surface area contributed by atoms with Gasteiger partial charge in [0.15, 0.2) is 6.10 Å². The van der Waals surface area contributed by atoms with Crippen molar-refractivity contribution in [2.24, 2.45) is 0 Å². The smallest absolute Gasteiger partial charge is 0.339 e. The van der Waals surface area contributed by atoms with Gasteiger partial charge in [-0.15, -0.1) is 0 Å². The molecule has 0 heterocycles. The van der Waals surface area contributed by atoms with Gasteiger partial charge in [0.2, 0.25) is 0 Å². The Bertz CT molecular complexity index is 421. The molecule has 4 nitrogen and oxygen atoms in total. The normalized spacial score (nSPS) is 12.6. The third-order valence-corrected chi connectivity index (χ3v) is 2.74. The van der Waals surface area contributed by atoms with E-state index in [2.05, 4.69) is 0 Å². The third-order valence-electron chi connectivity index (χ3n) is 2.39. The van der Waals surface area contributed by atoms with Crippen LogP contribution in [0.5, 0.6) is 0 Å². The van der Waals surface area contributed by atoms with Crippen molar-refractivity contribution in [1.29, 1.82) is 0 Å². The number of ether oxygens (including phenoxy) is 1. The summed E-state index contributed by atoms with van der Waals surface area (Å²) in [4.78, 5) is 13.4. The summed E-state index contributed by atoms with van der Waals surface area (Å²) in [5, 5.41) is 10.3. The monoisotopic (exact) mass is 271 g/mol. The molecule has 0 aromatic heterocycles. The van der Waals surface area contributed by atoms with Crippen molar-refractivity contribution < 1.29 is 14.6 Å². The molecule has 1 rings (SSSR count). The van der Waals surface area contributed by atoms with Gasteiger partial charge in [-0.2, -0.15) is 0 Å². The van der Waals surface area contributed by atoms with Gasteiger partial charge < -0.3 is 14.7 Å². The van der Waals surface area contributed by atoms with Crippen LogP contribution in [0.2, 0.25) is 5.02 Å². The minimum Gasteiger partial charge on any atom is -0.464 e. The second-order valence-electron chi connectivity index (χ2n) is 4.24. The maximum Gasteiger partial charge on any atom is 0.339 e. The topological polar surface area (TPSA) is 49.8 Å². The lowest BCUT2D eigenvalue weighted by Crippen LogP contribution is -2.16. The average Bonchev–Trinajstić information content (AvgIpc) is 2.30. The number of hydrogen-bond donors (Lipinski definition) is 1. The second-order valence-corrected chi connectivity index (χ2v) is 4.65. The molecule has 1 N–H and O–H groups in total. The van der Waals surface area contributed by atoms with Crippen molar-refractivity contribution in [2.75, 3.05) is 20.7 Å². The van der Waals surface area contributed by atoms with Crippen LogP contribution >= 0.6 is 11.6 Å². The Balaban J connectivity index is 2.86. The molecule has 5 heteroatoms. The lowest BCUT2D eigenvalue weighted by Gasteiger charge is -2.14. The molecule has 1 atom stereocenters. The first-order chi connectivity index (χ1) is 8.45. The predicted molar refractivity (Wildman–Crippen MR) is 70.4 cm³/mol. The molecule has 0 amide bonds.